The molecule has 4 nitrogen and oxygen atoms in total. The van der Waals surface area contributed by atoms with Gasteiger partial charge in [0.2, 0.25) is 0 Å². The molecule has 1 aromatic carbocycles. The van der Waals surface area contributed by atoms with Crippen LogP contribution in [0.1, 0.15) is 57.7 Å². The first-order chi connectivity index (χ1) is 12.1. The number of benzene rings is 1. The van der Waals surface area contributed by atoms with Gasteiger partial charge in [-0.15, -0.1) is 0 Å². The molecule has 0 aliphatic rings. The number of unbranched alkanes of at least 4 members (excludes halogenated alkanes) is 2. The maximum absolute atomic E-state index is 13.1. The molecule has 0 bridgehead atoms. The topological polar surface area (TPSA) is 45.3 Å². The van der Waals surface area contributed by atoms with Crippen molar-refractivity contribution < 1.29 is 4.74 Å². The van der Waals surface area contributed by atoms with E-state index in [1.807, 2.05) is 25.1 Å². The summed E-state index contributed by atoms with van der Waals surface area (Å²) >= 11 is 0. The minimum absolute atomic E-state index is 0.127. The smallest absolute Gasteiger partial charge is 0.194 e. The van der Waals surface area contributed by atoms with E-state index in [2.05, 4.69) is 30.7 Å². The lowest BCUT2D eigenvalue weighted by Crippen LogP contribution is -2.28. The van der Waals surface area contributed by atoms with Gasteiger partial charge in [-0.05, 0) is 51.1 Å². The molecule has 0 radical (unpaired) electrons. The van der Waals surface area contributed by atoms with E-state index in [9.17, 15) is 4.79 Å². The molecular weight excluding hydrogens is 312 g/mol. The Balaban J connectivity index is 2.31. The molecule has 138 valence electrons. The van der Waals surface area contributed by atoms with E-state index < -0.39 is 0 Å². The van der Waals surface area contributed by atoms with Gasteiger partial charge in [-0.2, -0.15) is 0 Å². The first-order valence-electron chi connectivity index (χ1n) is 9.61. The normalized spacial score (nSPS) is 11.4. The summed E-state index contributed by atoms with van der Waals surface area (Å²) in [6.45, 7) is 11.9. The molecule has 1 N–H and O–H groups in total. The van der Waals surface area contributed by atoms with Crippen molar-refractivity contribution in [1.82, 2.24) is 9.88 Å². The van der Waals surface area contributed by atoms with E-state index in [0.717, 1.165) is 60.3 Å². The van der Waals surface area contributed by atoms with Gasteiger partial charge in [0.15, 0.2) is 5.43 Å². The number of rotatable bonds is 10. The number of aryl methyl sites for hydroxylation is 1. The van der Waals surface area contributed by atoms with Gasteiger partial charge >= 0.3 is 0 Å². The lowest BCUT2D eigenvalue weighted by atomic mass is 10.1. The van der Waals surface area contributed by atoms with Crippen LogP contribution in [0.4, 0.5) is 0 Å². The highest BCUT2D eigenvalue weighted by Crippen LogP contribution is 2.19. The number of fused-ring (bicyclic) bond motifs is 1. The van der Waals surface area contributed by atoms with E-state index in [-0.39, 0.29) is 5.43 Å². The lowest BCUT2D eigenvalue weighted by Gasteiger charge is -2.21. The van der Waals surface area contributed by atoms with Crippen molar-refractivity contribution in [2.75, 3.05) is 19.7 Å². The summed E-state index contributed by atoms with van der Waals surface area (Å²) < 4.78 is 5.77. The number of aromatic nitrogens is 1. The van der Waals surface area contributed by atoms with Crippen LogP contribution in [-0.4, -0.2) is 29.6 Å². The maximum Gasteiger partial charge on any atom is 0.194 e. The molecule has 1 aromatic heterocycles. The van der Waals surface area contributed by atoms with Crippen molar-refractivity contribution in [3.8, 4) is 5.75 Å². The average Bonchev–Trinajstić information content (AvgIpc) is 2.62. The molecule has 0 unspecified atom stereocenters. The second kappa shape index (κ2) is 9.62. The van der Waals surface area contributed by atoms with E-state index in [0.29, 0.717) is 13.2 Å². The van der Waals surface area contributed by atoms with Crippen LogP contribution in [-0.2, 0) is 6.54 Å². The predicted octanol–water partition coefficient (Wildman–Crippen LogP) is 4.64. The lowest BCUT2D eigenvalue weighted by molar-refractivity contribution is 0.274. The first-order valence-corrected chi connectivity index (χ1v) is 9.61. The largest absolute Gasteiger partial charge is 0.494 e. The highest BCUT2D eigenvalue weighted by atomic mass is 16.5. The molecule has 2 rings (SSSR count). The van der Waals surface area contributed by atoms with Gasteiger partial charge in [0, 0.05) is 28.7 Å². The Kier molecular flexibility index (Phi) is 7.51. The molecule has 0 fully saturated rings. The van der Waals surface area contributed by atoms with Crippen LogP contribution in [0.3, 0.4) is 0 Å². The van der Waals surface area contributed by atoms with Crippen molar-refractivity contribution in [3.63, 3.8) is 0 Å². The van der Waals surface area contributed by atoms with Crippen molar-refractivity contribution in [1.29, 1.82) is 0 Å². The van der Waals surface area contributed by atoms with Crippen molar-refractivity contribution in [2.24, 2.45) is 0 Å². The Morgan fingerprint density at radius 1 is 1.12 bits per heavy atom. The van der Waals surface area contributed by atoms with Gasteiger partial charge in [-0.1, -0.05) is 33.6 Å². The van der Waals surface area contributed by atoms with Gasteiger partial charge < -0.3 is 9.72 Å². The summed E-state index contributed by atoms with van der Waals surface area (Å²) in [6.07, 6.45) is 4.45. The number of nitrogens with one attached hydrogen (secondary N) is 1. The van der Waals surface area contributed by atoms with E-state index in [1.165, 1.54) is 6.42 Å². The maximum atomic E-state index is 13.1. The van der Waals surface area contributed by atoms with E-state index >= 15 is 0 Å². The third-order valence-electron chi connectivity index (χ3n) is 4.71. The number of ether oxygens (including phenoxy) is 1. The average molecular weight is 344 g/mol. The van der Waals surface area contributed by atoms with Crippen LogP contribution in [0.15, 0.2) is 23.0 Å². The predicted molar refractivity (Wildman–Crippen MR) is 106 cm³/mol. The van der Waals surface area contributed by atoms with E-state index in [4.69, 9.17) is 4.74 Å². The molecule has 0 aliphatic heterocycles. The molecule has 0 atom stereocenters. The monoisotopic (exact) mass is 344 g/mol. The van der Waals surface area contributed by atoms with Gasteiger partial charge in [0.1, 0.15) is 5.75 Å². The SMILES string of the molecule is CCCCOc1ccc2[nH]c(C)c(CN(CC)CCCC)c(=O)c2c1. The third kappa shape index (κ3) is 5.08. The number of pyridine rings is 1. The molecule has 0 saturated carbocycles. The van der Waals surface area contributed by atoms with Crippen molar-refractivity contribution in [3.05, 3.63) is 39.7 Å². The summed E-state index contributed by atoms with van der Waals surface area (Å²) in [6, 6.07) is 5.77. The first kappa shape index (κ1) is 19.5. The molecule has 4 heteroatoms. The van der Waals surface area contributed by atoms with Crippen LogP contribution in [0.25, 0.3) is 10.9 Å². The summed E-state index contributed by atoms with van der Waals surface area (Å²) in [5.41, 5.74) is 2.84. The standard InChI is InChI=1S/C21H32N2O2/c1-5-8-12-23(7-3)15-19-16(4)22-20-11-10-17(25-13-9-6-2)14-18(20)21(19)24/h10-11,14H,5-9,12-13,15H2,1-4H3,(H,22,24). The zero-order valence-corrected chi connectivity index (χ0v) is 16.2. The van der Waals surface area contributed by atoms with Gasteiger partial charge in [-0.25, -0.2) is 0 Å². The molecule has 0 saturated heterocycles. The Morgan fingerprint density at radius 3 is 2.56 bits per heavy atom. The number of aromatic amines is 1. The second-order valence-electron chi connectivity index (χ2n) is 6.69. The Bertz CT molecular complexity index is 736. The molecule has 2 aromatic rings. The van der Waals surface area contributed by atoms with Crippen LogP contribution >= 0.6 is 0 Å². The minimum atomic E-state index is 0.127. The second-order valence-corrected chi connectivity index (χ2v) is 6.69. The molecule has 1 heterocycles. The highest BCUT2D eigenvalue weighted by Gasteiger charge is 2.13. The van der Waals surface area contributed by atoms with Crippen molar-refractivity contribution >= 4 is 10.9 Å². The Labute approximate surface area is 151 Å². The Hall–Kier alpha value is -1.81. The highest BCUT2D eigenvalue weighted by molar-refractivity contribution is 5.81. The fourth-order valence-electron chi connectivity index (χ4n) is 3.00. The molecule has 0 amide bonds. The quantitative estimate of drug-likeness (QED) is 0.639. The number of nitrogens with zero attached hydrogens (tertiary/aromatic N) is 1. The van der Waals surface area contributed by atoms with Gasteiger partial charge in [-0.3, -0.25) is 9.69 Å². The van der Waals surface area contributed by atoms with Crippen LogP contribution in [0, 0.1) is 6.92 Å². The third-order valence-corrected chi connectivity index (χ3v) is 4.71. The van der Waals surface area contributed by atoms with Crippen LogP contribution in [0.5, 0.6) is 5.75 Å². The van der Waals surface area contributed by atoms with Crippen LogP contribution < -0.4 is 10.2 Å². The molecular formula is C21H32N2O2. The van der Waals surface area contributed by atoms with E-state index in [1.54, 1.807) is 0 Å². The summed E-state index contributed by atoms with van der Waals surface area (Å²) in [5.74, 6) is 0.777. The molecule has 0 spiro atoms. The summed E-state index contributed by atoms with van der Waals surface area (Å²) in [4.78, 5) is 18.8. The number of H-pyrrole nitrogens is 1. The zero-order chi connectivity index (χ0) is 18.2. The minimum Gasteiger partial charge on any atom is -0.494 e. The van der Waals surface area contributed by atoms with Crippen LogP contribution in [0.2, 0.25) is 0 Å². The van der Waals surface area contributed by atoms with Gasteiger partial charge in [0.25, 0.3) is 0 Å². The molecule has 25 heavy (non-hydrogen) atoms. The fourth-order valence-corrected chi connectivity index (χ4v) is 3.00. The van der Waals surface area contributed by atoms with Crippen molar-refractivity contribution in [2.45, 2.75) is 59.9 Å². The number of hydrogen-bond donors (Lipinski definition) is 1. The fraction of sp³-hybridized carbons (Fsp3) is 0.571. The summed E-state index contributed by atoms with van der Waals surface area (Å²) in [7, 11) is 0. The zero-order valence-electron chi connectivity index (χ0n) is 16.2. The summed E-state index contributed by atoms with van der Waals surface area (Å²) in [5, 5.41) is 0.723. The van der Waals surface area contributed by atoms with Gasteiger partial charge in [0.05, 0.1) is 6.61 Å². The Morgan fingerprint density at radius 2 is 1.88 bits per heavy atom. The number of hydrogen-bond acceptors (Lipinski definition) is 3. The molecule has 0 aliphatic carbocycles.